The van der Waals surface area contributed by atoms with Crippen molar-refractivity contribution in [1.29, 1.82) is 0 Å². The number of hydrogen-bond acceptors (Lipinski definition) is 3. The number of fused-ring (bicyclic) bond motifs is 1. The predicted octanol–water partition coefficient (Wildman–Crippen LogP) is 5.29. The number of halogens is 1. The van der Waals surface area contributed by atoms with Gasteiger partial charge in [0.25, 0.3) is 5.91 Å². The Morgan fingerprint density at radius 1 is 0.857 bits per heavy atom. The van der Waals surface area contributed by atoms with Gasteiger partial charge in [0.05, 0.1) is 5.02 Å². The second-order valence-corrected chi connectivity index (χ2v) is 6.66. The molecule has 1 heterocycles. The number of anilines is 1. The van der Waals surface area contributed by atoms with Crippen LogP contribution in [0.1, 0.15) is 11.1 Å². The van der Waals surface area contributed by atoms with E-state index >= 15 is 0 Å². The smallest absolute Gasteiger partial charge is 0.256 e. The molecule has 140 valence electrons. The zero-order valence-corrected chi connectivity index (χ0v) is 15.8. The van der Waals surface area contributed by atoms with E-state index in [9.17, 15) is 4.79 Å². The standard InChI is InChI=1S/C23H18ClNO3/c24-20-6-2-4-8-22(20)28-14-13-27-17-11-9-16(10-12-17)15-19-18-5-1-3-7-21(18)25-23(19)26/h1-12,15H,13-14H2,(H,25,26)/b19-15+. The lowest BCUT2D eigenvalue weighted by atomic mass is 10.0. The maximum atomic E-state index is 12.2. The summed E-state index contributed by atoms with van der Waals surface area (Å²) in [6.07, 6.45) is 1.88. The van der Waals surface area contributed by atoms with Gasteiger partial charge in [0, 0.05) is 16.8 Å². The second-order valence-electron chi connectivity index (χ2n) is 6.25. The van der Waals surface area contributed by atoms with Crippen LogP contribution >= 0.6 is 11.6 Å². The number of para-hydroxylation sites is 2. The lowest BCUT2D eigenvalue weighted by Crippen LogP contribution is -2.09. The lowest BCUT2D eigenvalue weighted by Gasteiger charge is -2.09. The van der Waals surface area contributed by atoms with Gasteiger partial charge in [-0.25, -0.2) is 0 Å². The summed E-state index contributed by atoms with van der Waals surface area (Å²) in [4.78, 5) is 12.2. The average molecular weight is 392 g/mol. The van der Waals surface area contributed by atoms with Gasteiger partial charge in [-0.1, -0.05) is 54.1 Å². The van der Waals surface area contributed by atoms with Gasteiger partial charge in [-0.3, -0.25) is 4.79 Å². The average Bonchev–Trinajstić information content (AvgIpc) is 3.03. The van der Waals surface area contributed by atoms with Crippen LogP contribution in [0, 0.1) is 0 Å². The number of ether oxygens (including phenoxy) is 2. The number of carbonyl (C=O) groups excluding carboxylic acids is 1. The molecule has 0 saturated carbocycles. The quantitative estimate of drug-likeness (QED) is 0.458. The van der Waals surface area contributed by atoms with Crippen molar-refractivity contribution >= 4 is 34.8 Å². The topological polar surface area (TPSA) is 47.6 Å². The van der Waals surface area contributed by atoms with Crippen LogP contribution in [0.25, 0.3) is 11.6 Å². The molecule has 28 heavy (non-hydrogen) atoms. The number of nitrogens with one attached hydrogen (secondary N) is 1. The van der Waals surface area contributed by atoms with Gasteiger partial charge in [-0.15, -0.1) is 0 Å². The van der Waals surface area contributed by atoms with E-state index in [0.29, 0.717) is 29.6 Å². The maximum Gasteiger partial charge on any atom is 0.256 e. The number of hydrogen-bond donors (Lipinski definition) is 1. The van der Waals surface area contributed by atoms with E-state index in [0.717, 1.165) is 22.6 Å². The van der Waals surface area contributed by atoms with Gasteiger partial charge in [0.1, 0.15) is 24.7 Å². The zero-order chi connectivity index (χ0) is 19.3. The second kappa shape index (κ2) is 8.19. The van der Waals surface area contributed by atoms with E-state index in [1.54, 1.807) is 6.07 Å². The Hall–Kier alpha value is -3.24. The number of benzene rings is 3. The van der Waals surface area contributed by atoms with E-state index in [-0.39, 0.29) is 5.91 Å². The molecule has 3 aromatic carbocycles. The Labute approximate surface area is 168 Å². The first-order chi connectivity index (χ1) is 13.7. The molecule has 3 aromatic rings. The Kier molecular flexibility index (Phi) is 5.31. The summed E-state index contributed by atoms with van der Waals surface area (Å²) in [5, 5.41) is 3.46. The molecule has 4 nitrogen and oxygen atoms in total. The highest BCUT2D eigenvalue weighted by Crippen LogP contribution is 2.32. The fourth-order valence-electron chi connectivity index (χ4n) is 2.98. The Morgan fingerprint density at radius 3 is 2.39 bits per heavy atom. The van der Waals surface area contributed by atoms with Crippen LogP contribution in [-0.4, -0.2) is 19.1 Å². The molecular weight excluding hydrogens is 374 g/mol. The molecule has 0 aromatic heterocycles. The van der Waals surface area contributed by atoms with E-state index < -0.39 is 0 Å². The summed E-state index contributed by atoms with van der Waals surface area (Å²) >= 11 is 6.05. The summed E-state index contributed by atoms with van der Waals surface area (Å²) in [7, 11) is 0. The molecule has 0 unspecified atom stereocenters. The molecule has 0 aliphatic carbocycles. The Morgan fingerprint density at radius 2 is 1.57 bits per heavy atom. The normalized spacial score (nSPS) is 13.9. The zero-order valence-electron chi connectivity index (χ0n) is 15.0. The Bertz CT molecular complexity index is 1030. The van der Waals surface area contributed by atoms with Crippen LogP contribution in [-0.2, 0) is 4.79 Å². The molecule has 0 spiro atoms. The van der Waals surface area contributed by atoms with Gasteiger partial charge in [-0.2, -0.15) is 0 Å². The third-order valence-electron chi connectivity index (χ3n) is 4.35. The minimum Gasteiger partial charge on any atom is -0.490 e. The predicted molar refractivity (Wildman–Crippen MR) is 112 cm³/mol. The van der Waals surface area contributed by atoms with Gasteiger partial charge < -0.3 is 14.8 Å². The minimum atomic E-state index is -0.0850. The highest BCUT2D eigenvalue weighted by molar-refractivity contribution is 6.34. The molecule has 0 saturated heterocycles. The monoisotopic (exact) mass is 391 g/mol. The molecule has 1 N–H and O–H groups in total. The fourth-order valence-corrected chi connectivity index (χ4v) is 3.17. The molecule has 0 bridgehead atoms. The lowest BCUT2D eigenvalue weighted by molar-refractivity contribution is -0.110. The van der Waals surface area contributed by atoms with E-state index in [4.69, 9.17) is 21.1 Å². The van der Waals surface area contributed by atoms with Crippen LogP contribution in [0.15, 0.2) is 72.8 Å². The van der Waals surface area contributed by atoms with Crippen LogP contribution in [0.4, 0.5) is 5.69 Å². The molecular formula is C23H18ClNO3. The third-order valence-corrected chi connectivity index (χ3v) is 4.66. The van der Waals surface area contributed by atoms with Crippen molar-refractivity contribution in [2.24, 2.45) is 0 Å². The summed E-state index contributed by atoms with van der Waals surface area (Å²) in [6, 6.07) is 22.6. The summed E-state index contributed by atoms with van der Waals surface area (Å²) in [6.45, 7) is 0.800. The molecule has 1 aliphatic rings. The molecule has 0 radical (unpaired) electrons. The third kappa shape index (κ3) is 4.02. The first-order valence-electron chi connectivity index (χ1n) is 8.93. The fraction of sp³-hybridized carbons (Fsp3) is 0.0870. The van der Waals surface area contributed by atoms with Crippen molar-refractivity contribution in [3.05, 3.63) is 88.9 Å². The summed E-state index contributed by atoms with van der Waals surface area (Å²) in [5.41, 5.74) is 3.36. The SMILES string of the molecule is O=C1Nc2ccccc2/C1=C\c1ccc(OCCOc2ccccc2Cl)cc1. The van der Waals surface area contributed by atoms with E-state index in [1.165, 1.54) is 0 Å². The van der Waals surface area contributed by atoms with Crippen LogP contribution in [0.5, 0.6) is 11.5 Å². The largest absolute Gasteiger partial charge is 0.490 e. The Balaban J connectivity index is 1.36. The van der Waals surface area contributed by atoms with Crippen molar-refractivity contribution in [2.75, 3.05) is 18.5 Å². The van der Waals surface area contributed by atoms with Gasteiger partial charge in [0.15, 0.2) is 0 Å². The minimum absolute atomic E-state index is 0.0850. The van der Waals surface area contributed by atoms with Crippen molar-refractivity contribution in [2.45, 2.75) is 0 Å². The highest BCUT2D eigenvalue weighted by Gasteiger charge is 2.23. The molecule has 0 fully saturated rings. The van der Waals surface area contributed by atoms with Crippen LogP contribution in [0.3, 0.4) is 0 Å². The van der Waals surface area contributed by atoms with Crippen molar-refractivity contribution in [3.63, 3.8) is 0 Å². The van der Waals surface area contributed by atoms with Gasteiger partial charge in [0.2, 0.25) is 0 Å². The van der Waals surface area contributed by atoms with Gasteiger partial charge >= 0.3 is 0 Å². The molecule has 5 heteroatoms. The molecule has 0 atom stereocenters. The highest BCUT2D eigenvalue weighted by atomic mass is 35.5. The van der Waals surface area contributed by atoms with E-state index in [2.05, 4.69) is 5.32 Å². The molecule has 1 aliphatic heterocycles. The van der Waals surface area contributed by atoms with Crippen molar-refractivity contribution < 1.29 is 14.3 Å². The first kappa shape index (κ1) is 18.1. The van der Waals surface area contributed by atoms with Crippen molar-refractivity contribution in [1.82, 2.24) is 0 Å². The number of amides is 1. The summed E-state index contributed by atoms with van der Waals surface area (Å²) in [5.74, 6) is 1.30. The van der Waals surface area contributed by atoms with Gasteiger partial charge in [-0.05, 0) is 42.0 Å². The number of carbonyl (C=O) groups is 1. The van der Waals surface area contributed by atoms with Crippen LogP contribution in [0.2, 0.25) is 5.02 Å². The number of rotatable bonds is 6. The maximum absolute atomic E-state index is 12.2. The molecule has 1 amide bonds. The van der Waals surface area contributed by atoms with E-state index in [1.807, 2.05) is 72.8 Å². The summed E-state index contributed by atoms with van der Waals surface area (Å²) < 4.78 is 11.3. The first-order valence-corrected chi connectivity index (χ1v) is 9.31. The van der Waals surface area contributed by atoms with Crippen LogP contribution < -0.4 is 14.8 Å². The molecule has 4 rings (SSSR count). The van der Waals surface area contributed by atoms with Crippen molar-refractivity contribution in [3.8, 4) is 11.5 Å².